The monoisotopic (exact) mass is 394 g/mol. The predicted molar refractivity (Wildman–Crippen MR) is 105 cm³/mol. The van der Waals surface area contributed by atoms with Crippen molar-refractivity contribution in [1.82, 2.24) is 5.32 Å². The molecule has 0 aromatic heterocycles. The minimum Gasteiger partial charge on any atom is -0.491 e. The Morgan fingerprint density at radius 2 is 1.83 bits per heavy atom. The molecular formula is C22H22N2O5. The lowest BCUT2D eigenvalue weighted by molar-refractivity contribution is -0.122. The van der Waals surface area contributed by atoms with Gasteiger partial charge in [-0.15, -0.1) is 0 Å². The van der Waals surface area contributed by atoms with Crippen molar-refractivity contribution >= 4 is 11.6 Å². The number of amides is 1. The largest absolute Gasteiger partial charge is 0.491 e. The van der Waals surface area contributed by atoms with Gasteiger partial charge in [-0.1, -0.05) is 18.2 Å². The number of nitrogens with zero attached hydrogens (tertiary/aromatic N) is 1. The molecule has 0 saturated carbocycles. The van der Waals surface area contributed by atoms with Gasteiger partial charge in [0.25, 0.3) is 0 Å². The summed E-state index contributed by atoms with van der Waals surface area (Å²) in [6.45, 7) is 4.06. The fraction of sp³-hybridized carbons (Fsp3) is 0.409. The molecule has 7 heteroatoms. The van der Waals surface area contributed by atoms with Crippen molar-refractivity contribution in [2.75, 3.05) is 51.0 Å². The van der Waals surface area contributed by atoms with E-state index in [0.717, 1.165) is 29.9 Å². The Bertz CT molecular complexity index is 987. The van der Waals surface area contributed by atoms with Crippen LogP contribution >= 0.6 is 0 Å². The average molecular weight is 394 g/mol. The van der Waals surface area contributed by atoms with Gasteiger partial charge < -0.3 is 29.2 Å². The van der Waals surface area contributed by atoms with E-state index >= 15 is 0 Å². The van der Waals surface area contributed by atoms with Crippen LogP contribution < -0.4 is 24.4 Å². The fourth-order valence-electron chi connectivity index (χ4n) is 4.83. The molecule has 2 aromatic carbocycles. The third-order valence-electron chi connectivity index (χ3n) is 6.20. The van der Waals surface area contributed by atoms with Gasteiger partial charge in [0, 0.05) is 30.4 Å². The van der Waals surface area contributed by atoms with Crippen molar-refractivity contribution in [3.63, 3.8) is 0 Å². The van der Waals surface area contributed by atoms with Gasteiger partial charge in [0.05, 0.1) is 19.3 Å². The number of hydrogen-bond donors (Lipinski definition) is 1. The first-order chi connectivity index (χ1) is 14.3. The van der Waals surface area contributed by atoms with Crippen LogP contribution in [0.5, 0.6) is 17.2 Å². The molecule has 1 fully saturated rings. The molecule has 4 aliphatic heterocycles. The minimum atomic E-state index is -0.857. The average Bonchev–Trinajstić information content (AvgIpc) is 3.25. The van der Waals surface area contributed by atoms with E-state index in [4.69, 9.17) is 18.9 Å². The number of rotatable bonds is 2. The highest BCUT2D eigenvalue weighted by Gasteiger charge is 2.57. The molecule has 6 rings (SSSR count). The molecule has 150 valence electrons. The Balaban J connectivity index is 1.45. The third kappa shape index (κ3) is 2.41. The molecule has 1 spiro atoms. The number of fused-ring (bicyclic) bond motifs is 5. The molecule has 0 bridgehead atoms. The van der Waals surface area contributed by atoms with Crippen molar-refractivity contribution in [3.8, 4) is 17.2 Å². The number of anilines is 1. The van der Waals surface area contributed by atoms with Gasteiger partial charge in [0.1, 0.15) is 31.0 Å². The fourth-order valence-corrected chi connectivity index (χ4v) is 4.83. The van der Waals surface area contributed by atoms with E-state index in [0.29, 0.717) is 43.6 Å². The third-order valence-corrected chi connectivity index (χ3v) is 6.20. The summed E-state index contributed by atoms with van der Waals surface area (Å²) in [4.78, 5) is 15.8. The van der Waals surface area contributed by atoms with Gasteiger partial charge in [0.15, 0.2) is 11.5 Å². The Labute approximate surface area is 168 Å². The molecule has 0 aliphatic carbocycles. The molecule has 4 aliphatic rings. The molecule has 1 N–H and O–H groups in total. The minimum absolute atomic E-state index is 0.0297. The highest BCUT2D eigenvalue weighted by atomic mass is 16.6. The van der Waals surface area contributed by atoms with Crippen molar-refractivity contribution in [3.05, 3.63) is 47.5 Å². The summed E-state index contributed by atoms with van der Waals surface area (Å²) in [6.07, 6.45) is -0.0297. The standard InChI is InChI=1S/C22H22N2O5/c25-21-22(13-29-18-10-20-19(9-16(18)22)27-7-8-28-20)15-3-1-2-4-17(15)24(21)12-14-11-23-5-6-26-14/h1-4,9-10,14,23H,5-8,11-13H2/t14-,22-/m0/s1. The summed E-state index contributed by atoms with van der Waals surface area (Å²) in [5.41, 5.74) is 1.90. The Kier molecular flexibility index (Phi) is 3.76. The molecule has 4 heterocycles. The van der Waals surface area contributed by atoms with Crippen molar-refractivity contribution in [2.24, 2.45) is 0 Å². The zero-order valence-electron chi connectivity index (χ0n) is 16.0. The topological polar surface area (TPSA) is 69.3 Å². The lowest BCUT2D eigenvalue weighted by atomic mass is 9.77. The van der Waals surface area contributed by atoms with E-state index in [1.165, 1.54) is 0 Å². The van der Waals surface area contributed by atoms with E-state index in [2.05, 4.69) is 5.32 Å². The second-order valence-corrected chi connectivity index (χ2v) is 7.82. The van der Waals surface area contributed by atoms with Crippen LogP contribution in [-0.4, -0.2) is 58.1 Å². The van der Waals surface area contributed by atoms with Crippen LogP contribution in [0.3, 0.4) is 0 Å². The first-order valence-electron chi connectivity index (χ1n) is 10.1. The second-order valence-electron chi connectivity index (χ2n) is 7.82. The number of nitrogens with one attached hydrogen (secondary N) is 1. The van der Waals surface area contributed by atoms with Gasteiger partial charge in [-0.05, 0) is 17.7 Å². The normalized spacial score (nSPS) is 27.0. The van der Waals surface area contributed by atoms with Crippen LogP contribution in [0.4, 0.5) is 5.69 Å². The number of morpholine rings is 1. The van der Waals surface area contributed by atoms with Crippen LogP contribution in [0.25, 0.3) is 0 Å². The molecule has 0 unspecified atom stereocenters. The Morgan fingerprint density at radius 3 is 2.66 bits per heavy atom. The number of carbonyl (C=O) groups is 1. The highest BCUT2D eigenvalue weighted by Crippen LogP contribution is 2.54. The first kappa shape index (κ1) is 17.1. The number of para-hydroxylation sites is 1. The molecule has 0 radical (unpaired) electrons. The van der Waals surface area contributed by atoms with Gasteiger partial charge in [-0.2, -0.15) is 0 Å². The van der Waals surface area contributed by atoms with E-state index in [1.807, 2.05) is 41.3 Å². The smallest absolute Gasteiger partial charge is 0.245 e. The van der Waals surface area contributed by atoms with Crippen LogP contribution in [0, 0.1) is 0 Å². The van der Waals surface area contributed by atoms with E-state index < -0.39 is 5.41 Å². The number of hydrogen-bond acceptors (Lipinski definition) is 6. The van der Waals surface area contributed by atoms with E-state index in [-0.39, 0.29) is 18.6 Å². The van der Waals surface area contributed by atoms with Crippen LogP contribution in [0.15, 0.2) is 36.4 Å². The number of benzene rings is 2. The highest BCUT2D eigenvalue weighted by molar-refractivity contribution is 6.11. The maximum absolute atomic E-state index is 13.9. The summed E-state index contributed by atoms with van der Waals surface area (Å²) < 4.78 is 23.4. The lowest BCUT2D eigenvalue weighted by Gasteiger charge is -2.29. The van der Waals surface area contributed by atoms with Crippen molar-refractivity contribution < 1.29 is 23.7 Å². The predicted octanol–water partition coefficient (Wildman–Crippen LogP) is 1.47. The number of carbonyl (C=O) groups excluding carboxylic acids is 1. The van der Waals surface area contributed by atoms with Crippen LogP contribution in [0.2, 0.25) is 0 Å². The van der Waals surface area contributed by atoms with Crippen molar-refractivity contribution in [1.29, 1.82) is 0 Å². The molecule has 2 aromatic rings. The molecule has 1 saturated heterocycles. The Hall–Kier alpha value is -2.77. The molecular weight excluding hydrogens is 372 g/mol. The van der Waals surface area contributed by atoms with Gasteiger partial charge in [-0.25, -0.2) is 0 Å². The first-order valence-corrected chi connectivity index (χ1v) is 10.1. The molecule has 7 nitrogen and oxygen atoms in total. The summed E-state index contributed by atoms with van der Waals surface area (Å²) in [7, 11) is 0. The summed E-state index contributed by atoms with van der Waals surface area (Å²) in [5.74, 6) is 2.06. The molecule has 2 atom stereocenters. The van der Waals surface area contributed by atoms with Crippen molar-refractivity contribution in [2.45, 2.75) is 11.5 Å². The summed E-state index contributed by atoms with van der Waals surface area (Å²) >= 11 is 0. The SMILES string of the molecule is O=C1N(C[C@@H]2CNCCO2)c2ccccc2[C@]12COc1cc3c(cc12)OCCO3. The van der Waals surface area contributed by atoms with Gasteiger partial charge in [-0.3, -0.25) is 4.79 Å². The molecule has 29 heavy (non-hydrogen) atoms. The van der Waals surface area contributed by atoms with Crippen LogP contribution in [0.1, 0.15) is 11.1 Å². The second kappa shape index (κ2) is 6.37. The zero-order chi connectivity index (χ0) is 19.4. The quantitative estimate of drug-likeness (QED) is 0.832. The van der Waals surface area contributed by atoms with Gasteiger partial charge >= 0.3 is 0 Å². The maximum Gasteiger partial charge on any atom is 0.245 e. The zero-order valence-corrected chi connectivity index (χ0v) is 16.0. The maximum atomic E-state index is 13.9. The van der Waals surface area contributed by atoms with E-state index in [9.17, 15) is 4.79 Å². The lowest BCUT2D eigenvalue weighted by Crippen LogP contribution is -2.49. The van der Waals surface area contributed by atoms with E-state index in [1.54, 1.807) is 0 Å². The summed E-state index contributed by atoms with van der Waals surface area (Å²) in [5, 5.41) is 3.34. The summed E-state index contributed by atoms with van der Waals surface area (Å²) in [6, 6.07) is 11.8. The van der Waals surface area contributed by atoms with Crippen LogP contribution in [-0.2, 0) is 14.9 Å². The van der Waals surface area contributed by atoms with Gasteiger partial charge in [0.2, 0.25) is 5.91 Å². The Morgan fingerprint density at radius 1 is 1.00 bits per heavy atom. The molecule has 1 amide bonds. The number of ether oxygens (including phenoxy) is 4.